The lowest BCUT2D eigenvalue weighted by Gasteiger charge is -2.36. The van der Waals surface area contributed by atoms with Crippen molar-refractivity contribution in [2.45, 2.75) is 38.8 Å². The second kappa shape index (κ2) is 7.04. The van der Waals surface area contributed by atoms with Gasteiger partial charge in [0.1, 0.15) is 0 Å². The first-order valence-corrected chi connectivity index (χ1v) is 7.43. The fourth-order valence-electron chi connectivity index (χ4n) is 2.93. The lowest BCUT2D eigenvalue weighted by Crippen LogP contribution is -2.52. The van der Waals surface area contributed by atoms with Crippen molar-refractivity contribution in [3.05, 3.63) is 0 Å². The van der Waals surface area contributed by atoms with Gasteiger partial charge in [-0.05, 0) is 19.8 Å². The van der Waals surface area contributed by atoms with Crippen LogP contribution in [0.15, 0.2) is 0 Å². The zero-order valence-corrected chi connectivity index (χ0v) is 12.4. The molecule has 1 N–H and O–H groups in total. The number of hydrogen-bond acceptors (Lipinski definition) is 4. The highest BCUT2D eigenvalue weighted by atomic mass is 16.5. The monoisotopic (exact) mass is 283 g/mol. The number of nitrogens with zero attached hydrogens (tertiary/aromatic N) is 2. The van der Waals surface area contributed by atoms with Gasteiger partial charge in [0.05, 0.1) is 19.3 Å². The van der Waals surface area contributed by atoms with Crippen LogP contribution >= 0.6 is 0 Å². The molecule has 0 radical (unpaired) electrons. The largest absolute Gasteiger partial charge is 0.376 e. The molecule has 20 heavy (non-hydrogen) atoms. The third kappa shape index (κ3) is 4.45. The fourth-order valence-corrected chi connectivity index (χ4v) is 2.93. The van der Waals surface area contributed by atoms with E-state index in [1.54, 1.807) is 0 Å². The summed E-state index contributed by atoms with van der Waals surface area (Å²) in [6.07, 6.45) is 2.11. The second-order valence-electron chi connectivity index (χ2n) is 5.80. The topological polar surface area (TPSA) is 61.9 Å². The molecule has 0 saturated carbocycles. The summed E-state index contributed by atoms with van der Waals surface area (Å²) in [4.78, 5) is 27.5. The number of nitrogens with one attached hydrogen (secondary N) is 1. The summed E-state index contributed by atoms with van der Waals surface area (Å²) < 4.78 is 5.48. The van der Waals surface area contributed by atoms with Crippen LogP contribution in [0.25, 0.3) is 0 Å². The average molecular weight is 283 g/mol. The molecule has 2 fully saturated rings. The molecule has 6 nitrogen and oxygen atoms in total. The second-order valence-corrected chi connectivity index (χ2v) is 5.80. The molecule has 2 rings (SSSR count). The summed E-state index contributed by atoms with van der Waals surface area (Å²) in [6, 6.07) is 0.105. The zero-order chi connectivity index (χ0) is 14.5. The number of piperidine rings is 1. The third-order valence-corrected chi connectivity index (χ3v) is 3.87. The summed E-state index contributed by atoms with van der Waals surface area (Å²) in [5.74, 6) is 0.139. The Balaban J connectivity index is 1.80. The van der Waals surface area contributed by atoms with Crippen molar-refractivity contribution in [2.75, 3.05) is 39.3 Å². The molecule has 2 heterocycles. The minimum atomic E-state index is -0.0219. The van der Waals surface area contributed by atoms with Gasteiger partial charge in [-0.25, -0.2) is 0 Å². The van der Waals surface area contributed by atoms with Crippen molar-refractivity contribution in [1.29, 1.82) is 0 Å². The molecule has 0 aromatic rings. The normalized spacial score (nSPS) is 28.2. The van der Waals surface area contributed by atoms with E-state index in [-0.39, 0.29) is 24.0 Å². The number of morpholine rings is 1. The van der Waals surface area contributed by atoms with Gasteiger partial charge in [0.15, 0.2) is 0 Å². The van der Waals surface area contributed by atoms with Crippen molar-refractivity contribution in [1.82, 2.24) is 15.1 Å². The molecule has 2 aliphatic heterocycles. The number of likely N-dealkylation sites (tertiary alicyclic amines) is 1. The van der Waals surface area contributed by atoms with E-state index in [0.717, 1.165) is 32.5 Å². The van der Waals surface area contributed by atoms with Crippen LogP contribution in [0.3, 0.4) is 0 Å². The molecule has 114 valence electrons. The highest BCUT2D eigenvalue weighted by Crippen LogP contribution is 2.12. The smallest absolute Gasteiger partial charge is 0.236 e. The Bertz CT molecular complexity index is 362. The van der Waals surface area contributed by atoms with Crippen molar-refractivity contribution in [2.24, 2.45) is 0 Å². The quantitative estimate of drug-likeness (QED) is 0.781. The highest BCUT2D eigenvalue weighted by molar-refractivity contribution is 5.78. The van der Waals surface area contributed by atoms with Crippen LogP contribution in [0.2, 0.25) is 0 Å². The van der Waals surface area contributed by atoms with E-state index in [1.165, 1.54) is 6.92 Å². The summed E-state index contributed by atoms with van der Waals surface area (Å²) in [5, 5.41) is 2.91. The van der Waals surface area contributed by atoms with Gasteiger partial charge >= 0.3 is 0 Å². The molecule has 0 aromatic carbocycles. The highest BCUT2D eigenvalue weighted by Gasteiger charge is 2.26. The molecule has 0 aromatic heterocycles. The van der Waals surface area contributed by atoms with Crippen LogP contribution in [0.5, 0.6) is 0 Å². The lowest BCUT2D eigenvalue weighted by molar-refractivity contribution is -0.136. The van der Waals surface area contributed by atoms with Crippen LogP contribution in [0.1, 0.15) is 26.7 Å². The molecule has 2 amide bonds. The van der Waals surface area contributed by atoms with Crippen molar-refractivity contribution in [3.8, 4) is 0 Å². The van der Waals surface area contributed by atoms with E-state index in [4.69, 9.17) is 4.74 Å². The van der Waals surface area contributed by atoms with Crippen LogP contribution in [-0.2, 0) is 14.3 Å². The van der Waals surface area contributed by atoms with Crippen LogP contribution in [0.4, 0.5) is 0 Å². The van der Waals surface area contributed by atoms with Crippen molar-refractivity contribution < 1.29 is 14.3 Å². The molecule has 2 aliphatic rings. The van der Waals surface area contributed by atoms with Crippen LogP contribution in [-0.4, -0.2) is 73.1 Å². The molecular formula is C14H25N3O3. The van der Waals surface area contributed by atoms with Crippen molar-refractivity contribution in [3.63, 3.8) is 0 Å². The number of carbonyl (C=O) groups excluding carboxylic acids is 2. The predicted molar refractivity (Wildman–Crippen MR) is 75.3 cm³/mol. The standard InChI is InChI=1S/C14H25N3O3/c1-11-8-16(6-7-20-11)10-14(19)17-5-3-4-13(9-17)15-12(2)18/h11,13H,3-10H2,1-2H3,(H,15,18). The predicted octanol–water partition coefficient (Wildman–Crippen LogP) is -0.166. The maximum Gasteiger partial charge on any atom is 0.236 e. The van der Waals surface area contributed by atoms with Gasteiger partial charge in [-0.15, -0.1) is 0 Å². The third-order valence-electron chi connectivity index (χ3n) is 3.87. The Kier molecular flexibility index (Phi) is 5.37. The Labute approximate surface area is 120 Å². The first-order chi connectivity index (χ1) is 9.54. The number of amides is 2. The van der Waals surface area contributed by atoms with E-state index in [2.05, 4.69) is 10.2 Å². The maximum atomic E-state index is 12.3. The van der Waals surface area contributed by atoms with Crippen LogP contribution < -0.4 is 5.32 Å². The number of rotatable bonds is 3. The first-order valence-electron chi connectivity index (χ1n) is 7.43. The minimum Gasteiger partial charge on any atom is -0.376 e. The summed E-state index contributed by atoms with van der Waals surface area (Å²) in [6.45, 7) is 7.78. The molecular weight excluding hydrogens is 258 g/mol. The van der Waals surface area contributed by atoms with Gasteiger partial charge in [0.25, 0.3) is 0 Å². The van der Waals surface area contributed by atoms with Gasteiger partial charge < -0.3 is 15.0 Å². The summed E-state index contributed by atoms with van der Waals surface area (Å²) in [5.41, 5.74) is 0. The van der Waals surface area contributed by atoms with E-state index in [1.807, 2.05) is 11.8 Å². The van der Waals surface area contributed by atoms with Gasteiger partial charge in [0.2, 0.25) is 11.8 Å². The lowest BCUT2D eigenvalue weighted by atomic mass is 10.1. The van der Waals surface area contributed by atoms with E-state index >= 15 is 0 Å². The molecule has 2 atom stereocenters. The molecule has 0 bridgehead atoms. The summed E-state index contributed by atoms with van der Waals surface area (Å²) in [7, 11) is 0. The molecule has 2 unspecified atom stereocenters. The van der Waals surface area contributed by atoms with Gasteiger partial charge in [0, 0.05) is 39.1 Å². The van der Waals surface area contributed by atoms with Gasteiger partial charge in [-0.2, -0.15) is 0 Å². The molecule has 0 aliphatic carbocycles. The average Bonchev–Trinajstić information content (AvgIpc) is 2.38. The Morgan fingerprint density at radius 2 is 2.10 bits per heavy atom. The Morgan fingerprint density at radius 1 is 1.30 bits per heavy atom. The number of hydrogen-bond donors (Lipinski definition) is 1. The summed E-state index contributed by atoms with van der Waals surface area (Å²) >= 11 is 0. The molecule has 0 spiro atoms. The SMILES string of the molecule is CC(=O)NC1CCCN(C(=O)CN2CCOC(C)C2)C1. The van der Waals surface area contributed by atoms with E-state index in [0.29, 0.717) is 19.7 Å². The minimum absolute atomic E-state index is 0.0219. The fraction of sp³-hybridized carbons (Fsp3) is 0.857. The van der Waals surface area contributed by atoms with E-state index in [9.17, 15) is 9.59 Å². The van der Waals surface area contributed by atoms with Gasteiger partial charge in [-0.3, -0.25) is 14.5 Å². The molecule has 6 heteroatoms. The van der Waals surface area contributed by atoms with Crippen molar-refractivity contribution >= 4 is 11.8 Å². The van der Waals surface area contributed by atoms with Crippen LogP contribution in [0, 0.1) is 0 Å². The Morgan fingerprint density at radius 3 is 2.80 bits per heavy atom. The zero-order valence-electron chi connectivity index (χ0n) is 12.4. The number of carbonyl (C=O) groups is 2. The van der Waals surface area contributed by atoms with Gasteiger partial charge in [-0.1, -0.05) is 0 Å². The van der Waals surface area contributed by atoms with E-state index < -0.39 is 0 Å². The number of ether oxygens (including phenoxy) is 1. The Hall–Kier alpha value is -1.14. The molecule has 2 saturated heterocycles. The first kappa shape index (κ1) is 15.3. The maximum absolute atomic E-state index is 12.3.